The first-order valence-corrected chi connectivity index (χ1v) is 12.6. The van der Waals surface area contributed by atoms with Gasteiger partial charge in [-0.05, 0) is 65.9 Å². The van der Waals surface area contributed by atoms with E-state index in [-0.39, 0.29) is 5.57 Å². The lowest BCUT2D eigenvalue weighted by Crippen LogP contribution is -2.28. The van der Waals surface area contributed by atoms with Gasteiger partial charge >= 0.3 is 5.97 Å². The highest BCUT2D eigenvalue weighted by Gasteiger charge is 2.33. The van der Waals surface area contributed by atoms with Crippen molar-refractivity contribution in [2.45, 2.75) is 18.6 Å². The molecule has 0 saturated heterocycles. The van der Waals surface area contributed by atoms with Gasteiger partial charge in [0.1, 0.15) is 0 Å². The van der Waals surface area contributed by atoms with Crippen LogP contribution in [-0.2, 0) is 19.4 Å². The molecule has 4 aromatic rings. The van der Waals surface area contributed by atoms with Crippen LogP contribution in [-0.4, -0.2) is 30.7 Å². The normalized spacial score (nSPS) is 12.0. The average Bonchev–Trinajstić information content (AvgIpc) is 2.82. The number of hydrogen-bond acceptors (Lipinski definition) is 4. The number of carboxylic acids is 1. The van der Waals surface area contributed by atoms with Crippen molar-refractivity contribution in [1.29, 1.82) is 0 Å². The van der Waals surface area contributed by atoms with Gasteiger partial charge in [-0.1, -0.05) is 55.1 Å². The van der Waals surface area contributed by atoms with Crippen molar-refractivity contribution >= 4 is 32.3 Å². The van der Waals surface area contributed by atoms with Gasteiger partial charge in [-0.15, -0.1) is 0 Å². The number of sulfone groups is 1. The fourth-order valence-electron chi connectivity index (χ4n) is 3.91. The van der Waals surface area contributed by atoms with Crippen molar-refractivity contribution in [1.82, 2.24) is 4.98 Å². The molecule has 172 valence electrons. The fourth-order valence-corrected chi connectivity index (χ4v) is 4.45. The molecular weight excluding hydrogens is 446 g/mol. The van der Waals surface area contributed by atoms with Crippen LogP contribution in [0.2, 0.25) is 0 Å². The zero-order valence-corrected chi connectivity index (χ0v) is 20.1. The van der Waals surface area contributed by atoms with Gasteiger partial charge in [-0.2, -0.15) is 0 Å². The van der Waals surface area contributed by atoms with Crippen LogP contribution in [0.15, 0.2) is 85.6 Å². The van der Waals surface area contributed by atoms with Gasteiger partial charge in [0.15, 0.2) is 9.84 Å². The van der Waals surface area contributed by atoms with E-state index in [1.807, 2.05) is 60.7 Å². The smallest absolute Gasteiger partial charge is 0.335 e. The number of fused-ring (bicyclic) bond motifs is 1. The van der Waals surface area contributed by atoms with E-state index in [4.69, 9.17) is 0 Å². The molecule has 34 heavy (non-hydrogen) atoms. The van der Waals surface area contributed by atoms with Crippen molar-refractivity contribution in [3.63, 3.8) is 0 Å². The molecule has 0 bridgehead atoms. The molecule has 0 unspecified atom stereocenters. The molecule has 0 aliphatic rings. The summed E-state index contributed by atoms with van der Waals surface area (Å²) >= 11 is 0. The van der Waals surface area contributed by atoms with Crippen LogP contribution in [0.1, 0.15) is 25.0 Å². The van der Waals surface area contributed by atoms with Crippen molar-refractivity contribution in [2.24, 2.45) is 0 Å². The Bertz CT molecular complexity index is 1540. The molecule has 0 aliphatic carbocycles. The van der Waals surface area contributed by atoms with E-state index in [9.17, 15) is 18.3 Å². The number of rotatable bonds is 6. The van der Waals surface area contributed by atoms with Crippen molar-refractivity contribution in [2.75, 3.05) is 6.26 Å². The van der Waals surface area contributed by atoms with Crippen molar-refractivity contribution in [3.8, 4) is 22.3 Å². The molecule has 0 saturated carbocycles. The fraction of sp³-hybridized carbons (Fsp3) is 0.143. The first-order chi connectivity index (χ1) is 16.0. The summed E-state index contributed by atoms with van der Waals surface area (Å²) in [4.78, 5) is 16.2. The summed E-state index contributed by atoms with van der Waals surface area (Å²) in [5.41, 5.74) is 5.08. The second kappa shape index (κ2) is 8.54. The number of pyridine rings is 1. The first kappa shape index (κ1) is 23.4. The number of nitrogens with zero attached hydrogens (tertiary/aromatic N) is 1. The predicted molar refractivity (Wildman–Crippen MR) is 137 cm³/mol. The lowest BCUT2D eigenvalue weighted by molar-refractivity contribution is -0.130. The Hall–Kier alpha value is -3.77. The zero-order chi connectivity index (χ0) is 24.7. The number of carbonyl (C=O) groups is 1. The molecule has 4 rings (SSSR count). The molecule has 0 radical (unpaired) electrons. The van der Waals surface area contributed by atoms with Crippen LogP contribution >= 0.6 is 0 Å². The van der Waals surface area contributed by atoms with E-state index >= 15 is 0 Å². The number of hydrogen-bond donors (Lipinski definition) is 1. The Balaban J connectivity index is 2.11. The van der Waals surface area contributed by atoms with Crippen molar-refractivity contribution < 1.29 is 18.3 Å². The summed E-state index contributed by atoms with van der Waals surface area (Å²) in [6, 6.07) is 22.6. The SMILES string of the molecule is C=C(C(=O)O)c1ccc(-c2ccccc2)c(-c2cc(C(C)(C)S(C)(=O)=O)cc3cccnc23)c1. The van der Waals surface area contributed by atoms with Crippen LogP contribution < -0.4 is 0 Å². The molecule has 1 N–H and O–H groups in total. The topological polar surface area (TPSA) is 84.3 Å². The van der Waals surface area contributed by atoms with Crippen LogP contribution in [0.4, 0.5) is 0 Å². The molecule has 0 aliphatic heterocycles. The number of carboxylic acid groups (broad SMARTS) is 1. The van der Waals surface area contributed by atoms with E-state index in [1.165, 1.54) is 6.26 Å². The molecule has 3 aromatic carbocycles. The van der Waals surface area contributed by atoms with E-state index in [1.54, 1.807) is 32.2 Å². The largest absolute Gasteiger partial charge is 0.478 e. The Morgan fingerprint density at radius 3 is 2.26 bits per heavy atom. The monoisotopic (exact) mass is 471 g/mol. The van der Waals surface area contributed by atoms with E-state index < -0.39 is 20.6 Å². The Morgan fingerprint density at radius 1 is 0.912 bits per heavy atom. The Labute approximate surface area is 199 Å². The van der Waals surface area contributed by atoms with Crippen LogP contribution in [0, 0.1) is 0 Å². The van der Waals surface area contributed by atoms with E-state index in [0.717, 1.165) is 27.6 Å². The van der Waals surface area contributed by atoms with Gasteiger partial charge < -0.3 is 5.11 Å². The molecular formula is C28H25NO4S. The summed E-state index contributed by atoms with van der Waals surface area (Å²) in [6.45, 7) is 7.09. The van der Waals surface area contributed by atoms with Gasteiger partial charge in [-0.3, -0.25) is 4.98 Å². The Morgan fingerprint density at radius 2 is 1.62 bits per heavy atom. The van der Waals surface area contributed by atoms with Gasteiger partial charge in [0.2, 0.25) is 0 Å². The maximum Gasteiger partial charge on any atom is 0.335 e. The number of benzene rings is 3. The maximum atomic E-state index is 12.7. The Kier molecular flexibility index (Phi) is 5.87. The number of aromatic nitrogens is 1. The summed E-state index contributed by atoms with van der Waals surface area (Å²) < 4.78 is 24.2. The molecule has 6 heteroatoms. The molecule has 0 amide bonds. The highest BCUT2D eigenvalue weighted by atomic mass is 32.2. The van der Waals surface area contributed by atoms with Crippen LogP contribution in [0.3, 0.4) is 0 Å². The predicted octanol–water partition coefficient (Wildman–Crippen LogP) is 5.95. The molecule has 0 atom stereocenters. The van der Waals surface area contributed by atoms with Gasteiger partial charge in [0.05, 0.1) is 15.8 Å². The third-order valence-corrected chi connectivity index (χ3v) is 8.42. The summed E-state index contributed by atoms with van der Waals surface area (Å²) in [5.74, 6) is -1.10. The van der Waals surface area contributed by atoms with Gasteiger partial charge in [0.25, 0.3) is 0 Å². The van der Waals surface area contributed by atoms with Crippen LogP contribution in [0.5, 0.6) is 0 Å². The minimum absolute atomic E-state index is 0.0225. The number of aliphatic carboxylic acids is 1. The minimum atomic E-state index is -3.43. The van der Waals surface area contributed by atoms with E-state index in [0.29, 0.717) is 16.6 Å². The summed E-state index contributed by atoms with van der Waals surface area (Å²) in [5, 5.41) is 10.3. The molecule has 1 heterocycles. The molecule has 0 fully saturated rings. The lowest BCUT2D eigenvalue weighted by Gasteiger charge is -2.25. The third-order valence-electron chi connectivity index (χ3n) is 6.33. The quantitative estimate of drug-likeness (QED) is 0.352. The zero-order valence-electron chi connectivity index (χ0n) is 19.2. The second-order valence-electron chi connectivity index (χ2n) is 8.79. The summed E-state index contributed by atoms with van der Waals surface area (Å²) in [6.07, 6.45) is 2.92. The van der Waals surface area contributed by atoms with Crippen molar-refractivity contribution in [3.05, 3.63) is 96.7 Å². The average molecular weight is 472 g/mol. The van der Waals surface area contributed by atoms with E-state index in [2.05, 4.69) is 11.6 Å². The highest BCUT2D eigenvalue weighted by Crippen LogP contribution is 2.40. The highest BCUT2D eigenvalue weighted by molar-refractivity contribution is 7.91. The van der Waals surface area contributed by atoms with Crippen LogP contribution in [0.25, 0.3) is 38.7 Å². The summed E-state index contributed by atoms with van der Waals surface area (Å²) in [7, 11) is -3.43. The van der Waals surface area contributed by atoms with Gasteiger partial charge in [-0.25, -0.2) is 13.2 Å². The second-order valence-corrected chi connectivity index (χ2v) is 11.4. The first-order valence-electron chi connectivity index (χ1n) is 10.7. The lowest BCUT2D eigenvalue weighted by atomic mass is 9.88. The maximum absolute atomic E-state index is 12.7. The van der Waals surface area contributed by atoms with Gasteiger partial charge in [0, 0.05) is 23.4 Å². The molecule has 1 aromatic heterocycles. The minimum Gasteiger partial charge on any atom is -0.478 e. The standard InChI is InChI=1S/C28H25NO4S/c1-18(27(30)31)20-12-13-23(19-9-6-5-7-10-19)24(16-20)25-17-22(28(2,3)34(4,32)33)15-21-11-8-14-29-26(21)25/h5-17H,1H2,2-4H3,(H,30,31). The molecule has 5 nitrogen and oxygen atoms in total. The molecule has 0 spiro atoms. The third kappa shape index (κ3) is 4.13.